The third kappa shape index (κ3) is 3.81. The molecule has 2 heterocycles. The van der Waals surface area contributed by atoms with Crippen molar-refractivity contribution in [3.63, 3.8) is 0 Å². The second kappa shape index (κ2) is 7.78. The number of nitrogens with one attached hydrogen (secondary N) is 1. The summed E-state index contributed by atoms with van der Waals surface area (Å²) in [5, 5.41) is 3.12. The summed E-state index contributed by atoms with van der Waals surface area (Å²) in [5.41, 5.74) is 2.57. The van der Waals surface area contributed by atoms with E-state index in [0.717, 1.165) is 29.9 Å². The molecule has 2 amide bonds. The molecule has 6 heteroatoms. The van der Waals surface area contributed by atoms with Crippen LogP contribution in [0.1, 0.15) is 66.1 Å². The van der Waals surface area contributed by atoms with Crippen LogP contribution in [0, 0.1) is 6.92 Å². The van der Waals surface area contributed by atoms with Crippen LogP contribution in [-0.2, 0) is 17.8 Å². The molecule has 4 rings (SSSR count). The molecule has 0 spiro atoms. The van der Waals surface area contributed by atoms with E-state index in [1.165, 1.54) is 12.8 Å². The van der Waals surface area contributed by atoms with E-state index in [-0.39, 0.29) is 17.9 Å². The summed E-state index contributed by atoms with van der Waals surface area (Å²) in [6.45, 7) is 5.35. The molecule has 1 aromatic heterocycles. The fourth-order valence-electron chi connectivity index (χ4n) is 4.37. The van der Waals surface area contributed by atoms with Gasteiger partial charge in [-0.1, -0.05) is 30.5 Å². The molecule has 2 aliphatic rings. The Hall–Kier alpha value is -2.63. The van der Waals surface area contributed by atoms with Crippen molar-refractivity contribution in [1.29, 1.82) is 0 Å². The van der Waals surface area contributed by atoms with Crippen molar-refractivity contribution >= 4 is 11.8 Å². The Morgan fingerprint density at radius 3 is 2.75 bits per heavy atom. The van der Waals surface area contributed by atoms with Gasteiger partial charge in [-0.15, -0.1) is 0 Å². The van der Waals surface area contributed by atoms with Crippen molar-refractivity contribution < 1.29 is 9.59 Å². The first-order chi connectivity index (χ1) is 13.5. The third-order valence-electron chi connectivity index (χ3n) is 5.87. The predicted molar refractivity (Wildman–Crippen MR) is 107 cm³/mol. The summed E-state index contributed by atoms with van der Waals surface area (Å²) in [6.07, 6.45) is 6.83. The fraction of sp³-hybridized carbons (Fsp3) is 0.500. The van der Waals surface area contributed by atoms with Crippen LogP contribution < -0.4 is 5.32 Å². The molecule has 1 fully saturated rings. The lowest BCUT2D eigenvalue weighted by molar-refractivity contribution is -0.121. The minimum absolute atomic E-state index is 0.0333. The van der Waals surface area contributed by atoms with E-state index < -0.39 is 0 Å². The molecule has 0 radical (unpaired) electrons. The summed E-state index contributed by atoms with van der Waals surface area (Å²) >= 11 is 0. The number of amides is 2. The van der Waals surface area contributed by atoms with E-state index >= 15 is 0 Å². The molecule has 1 aliphatic carbocycles. The number of nitrogens with zero attached hydrogens (tertiary/aromatic N) is 3. The van der Waals surface area contributed by atoms with Gasteiger partial charge in [0.2, 0.25) is 5.91 Å². The summed E-state index contributed by atoms with van der Waals surface area (Å²) < 4.78 is 2.09. The standard InChI is InChI=1S/C22H28N4O2/c1-15-6-5-7-17(12-15)22(28)26-11-10-25-14-19(24-21(25)16(26)2)13-20(27)23-18-8-3-4-9-18/h5-7,12,14,16,18H,3-4,8-11,13H2,1-2H3,(H,23,27). The van der Waals surface area contributed by atoms with Crippen molar-refractivity contribution in [1.82, 2.24) is 19.8 Å². The first-order valence-electron chi connectivity index (χ1n) is 10.2. The van der Waals surface area contributed by atoms with Crippen LogP contribution in [0.3, 0.4) is 0 Å². The van der Waals surface area contributed by atoms with E-state index in [9.17, 15) is 9.59 Å². The molecule has 148 valence electrons. The number of rotatable bonds is 4. The van der Waals surface area contributed by atoms with Crippen LogP contribution >= 0.6 is 0 Å². The van der Waals surface area contributed by atoms with E-state index in [0.29, 0.717) is 31.1 Å². The Bertz CT molecular complexity index is 882. The van der Waals surface area contributed by atoms with Crippen LogP contribution in [0.25, 0.3) is 0 Å². The Morgan fingerprint density at radius 1 is 1.21 bits per heavy atom. The van der Waals surface area contributed by atoms with Crippen molar-refractivity contribution in [3.05, 3.63) is 53.1 Å². The van der Waals surface area contributed by atoms with Crippen LogP contribution in [0.5, 0.6) is 0 Å². The first-order valence-corrected chi connectivity index (χ1v) is 10.2. The minimum Gasteiger partial charge on any atom is -0.353 e. The molecule has 1 aromatic carbocycles. The van der Waals surface area contributed by atoms with E-state index in [1.807, 2.05) is 49.2 Å². The zero-order valence-electron chi connectivity index (χ0n) is 16.6. The molecule has 0 saturated heterocycles. The first kappa shape index (κ1) is 18.7. The molecular formula is C22H28N4O2. The maximum atomic E-state index is 13.0. The summed E-state index contributed by atoms with van der Waals surface area (Å²) in [7, 11) is 0. The normalized spacial score (nSPS) is 19.5. The molecule has 0 bridgehead atoms. The van der Waals surface area contributed by atoms with Gasteiger partial charge in [-0.25, -0.2) is 4.98 Å². The highest BCUT2D eigenvalue weighted by molar-refractivity contribution is 5.94. The lowest BCUT2D eigenvalue weighted by Gasteiger charge is -2.33. The van der Waals surface area contributed by atoms with E-state index in [4.69, 9.17) is 4.98 Å². The highest BCUT2D eigenvalue weighted by Crippen LogP contribution is 2.26. The number of hydrogen-bond donors (Lipinski definition) is 1. The average Bonchev–Trinajstić information content (AvgIpc) is 3.31. The molecule has 1 N–H and O–H groups in total. The third-order valence-corrected chi connectivity index (χ3v) is 5.87. The lowest BCUT2D eigenvalue weighted by Crippen LogP contribution is -2.41. The molecule has 1 saturated carbocycles. The molecular weight excluding hydrogens is 352 g/mol. The quantitative estimate of drug-likeness (QED) is 0.887. The largest absolute Gasteiger partial charge is 0.353 e. The molecule has 2 aromatic rings. The number of aryl methyl sites for hydroxylation is 1. The van der Waals surface area contributed by atoms with Gasteiger partial charge in [0.05, 0.1) is 18.2 Å². The van der Waals surface area contributed by atoms with Crippen LogP contribution in [0.2, 0.25) is 0 Å². The van der Waals surface area contributed by atoms with E-state index in [2.05, 4.69) is 9.88 Å². The second-order valence-electron chi connectivity index (χ2n) is 8.05. The van der Waals surface area contributed by atoms with Crippen LogP contribution in [0.4, 0.5) is 0 Å². The van der Waals surface area contributed by atoms with Gasteiger partial charge in [-0.05, 0) is 38.8 Å². The SMILES string of the molecule is Cc1cccc(C(=O)N2CCn3cc(CC(=O)NC4CCCC4)nc3C2C)c1. The minimum atomic E-state index is -0.117. The monoisotopic (exact) mass is 380 g/mol. The van der Waals surface area contributed by atoms with Crippen molar-refractivity contribution in [2.45, 2.75) is 64.6 Å². The van der Waals surface area contributed by atoms with Crippen molar-refractivity contribution in [3.8, 4) is 0 Å². The summed E-state index contributed by atoms with van der Waals surface area (Å²) in [6, 6.07) is 7.90. The van der Waals surface area contributed by atoms with Gasteiger partial charge in [-0.2, -0.15) is 0 Å². The lowest BCUT2D eigenvalue weighted by atomic mass is 10.1. The Balaban J connectivity index is 1.45. The molecule has 6 nitrogen and oxygen atoms in total. The second-order valence-corrected chi connectivity index (χ2v) is 8.05. The topological polar surface area (TPSA) is 67.2 Å². The van der Waals surface area contributed by atoms with Crippen LogP contribution in [0.15, 0.2) is 30.5 Å². The molecule has 1 aliphatic heterocycles. The maximum Gasteiger partial charge on any atom is 0.254 e. The number of fused-ring (bicyclic) bond motifs is 1. The molecule has 28 heavy (non-hydrogen) atoms. The smallest absolute Gasteiger partial charge is 0.254 e. The zero-order valence-corrected chi connectivity index (χ0v) is 16.6. The number of hydrogen-bond acceptors (Lipinski definition) is 3. The average molecular weight is 380 g/mol. The summed E-state index contributed by atoms with van der Waals surface area (Å²) in [5.74, 6) is 0.935. The van der Waals surface area contributed by atoms with Gasteiger partial charge in [0.25, 0.3) is 5.91 Å². The van der Waals surface area contributed by atoms with Gasteiger partial charge in [0.15, 0.2) is 0 Å². The number of carbonyl (C=O) groups is 2. The number of aromatic nitrogens is 2. The van der Waals surface area contributed by atoms with Crippen molar-refractivity contribution in [2.75, 3.05) is 6.54 Å². The van der Waals surface area contributed by atoms with E-state index in [1.54, 1.807) is 0 Å². The Kier molecular flexibility index (Phi) is 5.20. The van der Waals surface area contributed by atoms with Gasteiger partial charge in [0, 0.05) is 30.9 Å². The van der Waals surface area contributed by atoms with Crippen LogP contribution in [-0.4, -0.2) is 38.9 Å². The number of imidazole rings is 1. The Labute approximate surface area is 165 Å². The highest BCUT2D eigenvalue weighted by atomic mass is 16.2. The number of carbonyl (C=O) groups excluding carboxylic acids is 2. The van der Waals surface area contributed by atoms with Gasteiger partial charge < -0.3 is 14.8 Å². The van der Waals surface area contributed by atoms with Gasteiger partial charge >= 0.3 is 0 Å². The predicted octanol–water partition coefficient (Wildman–Crippen LogP) is 3.01. The maximum absolute atomic E-state index is 13.0. The Morgan fingerprint density at radius 2 is 2.00 bits per heavy atom. The van der Waals surface area contributed by atoms with Gasteiger partial charge in [0.1, 0.15) is 5.82 Å². The van der Waals surface area contributed by atoms with Gasteiger partial charge in [-0.3, -0.25) is 9.59 Å². The molecule has 1 unspecified atom stereocenters. The number of benzene rings is 1. The summed E-state index contributed by atoms with van der Waals surface area (Å²) in [4.78, 5) is 31.9. The zero-order chi connectivity index (χ0) is 19.7. The molecule has 1 atom stereocenters. The van der Waals surface area contributed by atoms with Crippen molar-refractivity contribution in [2.24, 2.45) is 0 Å². The highest BCUT2D eigenvalue weighted by Gasteiger charge is 2.30. The fourth-order valence-corrected chi connectivity index (χ4v) is 4.37.